The van der Waals surface area contributed by atoms with E-state index in [4.69, 9.17) is 4.74 Å². The molecule has 2 fully saturated rings. The zero-order valence-electron chi connectivity index (χ0n) is 19.8. The molecule has 0 saturated carbocycles. The number of nitrogens with zero attached hydrogens (tertiary/aromatic N) is 4. The second kappa shape index (κ2) is 10.0. The molecule has 2 aliphatic heterocycles. The maximum absolute atomic E-state index is 12.2. The summed E-state index contributed by atoms with van der Waals surface area (Å²) in [5.41, 5.74) is 8.68. The highest BCUT2D eigenvalue weighted by Crippen LogP contribution is 2.27. The van der Waals surface area contributed by atoms with Gasteiger partial charge in [-0.25, -0.2) is 9.97 Å². The first-order chi connectivity index (χ1) is 16.5. The molecule has 2 aromatic carbocycles. The summed E-state index contributed by atoms with van der Waals surface area (Å²) >= 11 is 0. The van der Waals surface area contributed by atoms with Crippen LogP contribution in [-0.2, 0) is 11.3 Å². The Morgan fingerprint density at radius 2 is 1.79 bits per heavy atom. The lowest BCUT2D eigenvalue weighted by Gasteiger charge is -2.32. The highest BCUT2D eigenvalue weighted by molar-refractivity contribution is 5.84. The molecule has 1 aromatic heterocycles. The summed E-state index contributed by atoms with van der Waals surface area (Å²) < 4.78 is 5.90. The largest absolute Gasteiger partial charge is 0.424 e. The minimum atomic E-state index is 0.165. The van der Waals surface area contributed by atoms with Crippen LogP contribution >= 0.6 is 0 Å². The summed E-state index contributed by atoms with van der Waals surface area (Å²) in [6, 6.07) is 13.2. The number of nitrogens with one attached hydrogen (secondary N) is 2. The van der Waals surface area contributed by atoms with E-state index in [2.05, 4.69) is 50.0 Å². The normalized spacial score (nSPS) is 19.4. The van der Waals surface area contributed by atoms with Crippen LogP contribution < -0.4 is 15.6 Å². The predicted octanol–water partition coefficient (Wildman–Crippen LogP) is 3.26. The van der Waals surface area contributed by atoms with E-state index in [0.717, 1.165) is 62.1 Å². The highest BCUT2D eigenvalue weighted by atomic mass is 16.5. The average Bonchev–Trinajstić information content (AvgIpc) is 3.40. The number of hydrogen-bond donors (Lipinski definition) is 2. The van der Waals surface area contributed by atoms with E-state index in [1.165, 1.54) is 10.9 Å². The van der Waals surface area contributed by atoms with E-state index in [1.54, 1.807) is 4.90 Å². The molecule has 0 spiro atoms. The standard InChI is InChI=1S/C26H32N6O2/c1-31(2)25(33)19-8-11-32(12-9-19)17-18-3-4-21-14-23(6-5-20(21)13-18)34-26-27-15-22(16-28-26)24-7-10-29-30-24/h3-6,13-16,19,24,29-30H,7-12,17H2,1-2H3. The Labute approximate surface area is 200 Å². The molecular weight excluding hydrogens is 428 g/mol. The van der Waals surface area contributed by atoms with Crippen molar-refractivity contribution in [2.24, 2.45) is 5.92 Å². The summed E-state index contributed by atoms with van der Waals surface area (Å²) in [7, 11) is 3.69. The molecule has 178 valence electrons. The van der Waals surface area contributed by atoms with Crippen molar-refractivity contribution in [2.75, 3.05) is 33.7 Å². The molecule has 2 N–H and O–H groups in total. The number of benzene rings is 2. The molecule has 0 aliphatic carbocycles. The van der Waals surface area contributed by atoms with Crippen LogP contribution in [-0.4, -0.2) is 59.4 Å². The zero-order chi connectivity index (χ0) is 23.5. The number of hydrazine groups is 1. The molecule has 2 aliphatic rings. The van der Waals surface area contributed by atoms with Crippen LogP contribution in [0.1, 0.15) is 36.4 Å². The molecule has 1 unspecified atom stereocenters. The maximum atomic E-state index is 12.2. The Bertz CT molecular complexity index is 1140. The van der Waals surface area contributed by atoms with Crippen LogP contribution in [0, 0.1) is 5.92 Å². The lowest BCUT2D eigenvalue weighted by Crippen LogP contribution is -2.39. The van der Waals surface area contributed by atoms with Gasteiger partial charge in [-0.15, -0.1) is 0 Å². The van der Waals surface area contributed by atoms with Crippen molar-refractivity contribution >= 4 is 16.7 Å². The number of fused-ring (bicyclic) bond motifs is 1. The Kier molecular flexibility index (Phi) is 6.71. The molecule has 5 rings (SSSR count). The van der Waals surface area contributed by atoms with Gasteiger partial charge in [-0.3, -0.25) is 20.5 Å². The van der Waals surface area contributed by atoms with E-state index < -0.39 is 0 Å². The fourth-order valence-electron chi connectivity index (χ4n) is 4.79. The Balaban J connectivity index is 1.19. The molecule has 1 amide bonds. The first-order valence-electron chi connectivity index (χ1n) is 12.0. The van der Waals surface area contributed by atoms with E-state index in [1.807, 2.05) is 38.6 Å². The third-order valence-corrected chi connectivity index (χ3v) is 6.75. The van der Waals surface area contributed by atoms with Gasteiger partial charge < -0.3 is 9.64 Å². The number of amides is 1. The van der Waals surface area contributed by atoms with E-state index in [9.17, 15) is 4.79 Å². The van der Waals surface area contributed by atoms with Gasteiger partial charge in [0.1, 0.15) is 5.75 Å². The average molecular weight is 461 g/mol. The highest BCUT2D eigenvalue weighted by Gasteiger charge is 2.26. The summed E-state index contributed by atoms with van der Waals surface area (Å²) in [5, 5.41) is 2.30. The number of carbonyl (C=O) groups excluding carboxylic acids is 1. The molecule has 3 aromatic rings. The van der Waals surface area contributed by atoms with Gasteiger partial charge in [0, 0.05) is 51.1 Å². The predicted molar refractivity (Wildman–Crippen MR) is 131 cm³/mol. The molecule has 0 radical (unpaired) electrons. The molecule has 8 nitrogen and oxygen atoms in total. The number of hydrogen-bond acceptors (Lipinski definition) is 7. The van der Waals surface area contributed by atoms with Crippen molar-refractivity contribution in [1.29, 1.82) is 0 Å². The van der Waals surface area contributed by atoms with Crippen molar-refractivity contribution in [1.82, 2.24) is 30.6 Å². The fourth-order valence-corrected chi connectivity index (χ4v) is 4.79. The monoisotopic (exact) mass is 460 g/mol. The Morgan fingerprint density at radius 3 is 2.50 bits per heavy atom. The maximum Gasteiger partial charge on any atom is 0.321 e. The zero-order valence-corrected chi connectivity index (χ0v) is 19.8. The van der Waals surface area contributed by atoms with Gasteiger partial charge in [0.25, 0.3) is 0 Å². The minimum Gasteiger partial charge on any atom is -0.424 e. The van der Waals surface area contributed by atoms with Crippen molar-refractivity contribution in [2.45, 2.75) is 31.8 Å². The van der Waals surface area contributed by atoms with E-state index in [0.29, 0.717) is 6.01 Å². The van der Waals surface area contributed by atoms with Crippen molar-refractivity contribution < 1.29 is 9.53 Å². The summed E-state index contributed by atoms with van der Waals surface area (Å²) in [5.74, 6) is 1.15. The topological polar surface area (TPSA) is 82.6 Å². The van der Waals surface area contributed by atoms with Gasteiger partial charge in [-0.05, 0) is 66.9 Å². The number of likely N-dealkylation sites (tertiary alicyclic amines) is 1. The lowest BCUT2D eigenvalue weighted by molar-refractivity contribution is -0.134. The second-order valence-corrected chi connectivity index (χ2v) is 9.44. The molecule has 34 heavy (non-hydrogen) atoms. The summed E-state index contributed by atoms with van der Waals surface area (Å²) in [6.07, 6.45) is 6.52. The third-order valence-electron chi connectivity index (χ3n) is 6.75. The molecule has 2 saturated heterocycles. The van der Waals surface area contributed by atoms with Gasteiger partial charge >= 0.3 is 6.01 Å². The fraction of sp³-hybridized carbons (Fsp3) is 0.423. The number of carbonyl (C=O) groups is 1. The first-order valence-corrected chi connectivity index (χ1v) is 12.0. The summed E-state index contributed by atoms with van der Waals surface area (Å²) in [4.78, 5) is 25.1. The second-order valence-electron chi connectivity index (χ2n) is 9.44. The van der Waals surface area contributed by atoms with Crippen molar-refractivity contribution in [3.05, 3.63) is 59.9 Å². The number of aromatic nitrogens is 2. The molecule has 1 atom stereocenters. The number of piperidine rings is 1. The van der Waals surface area contributed by atoms with E-state index >= 15 is 0 Å². The molecular formula is C26H32N6O2. The van der Waals surface area contributed by atoms with Gasteiger partial charge in [-0.2, -0.15) is 0 Å². The van der Waals surface area contributed by atoms with Crippen LogP contribution in [0.3, 0.4) is 0 Å². The lowest BCUT2D eigenvalue weighted by atomic mass is 9.95. The SMILES string of the molecule is CN(C)C(=O)C1CCN(Cc2ccc3cc(Oc4ncc(C5CCNN5)cn4)ccc3c2)CC1. The van der Waals surface area contributed by atoms with Gasteiger partial charge in [0.15, 0.2) is 0 Å². The summed E-state index contributed by atoms with van der Waals surface area (Å²) in [6.45, 7) is 3.77. The molecule has 8 heteroatoms. The van der Waals surface area contributed by atoms with Crippen LogP contribution in [0.25, 0.3) is 10.8 Å². The van der Waals surface area contributed by atoms with Gasteiger partial charge in [0.2, 0.25) is 5.91 Å². The van der Waals surface area contributed by atoms with Gasteiger partial charge in [-0.1, -0.05) is 18.2 Å². The molecule has 0 bridgehead atoms. The Morgan fingerprint density at radius 1 is 1.06 bits per heavy atom. The van der Waals surface area contributed by atoms with Gasteiger partial charge in [0.05, 0.1) is 6.04 Å². The van der Waals surface area contributed by atoms with Crippen LogP contribution in [0.2, 0.25) is 0 Å². The minimum absolute atomic E-state index is 0.165. The van der Waals surface area contributed by atoms with Crippen LogP contribution in [0.4, 0.5) is 0 Å². The first kappa shape index (κ1) is 22.7. The van der Waals surface area contributed by atoms with Crippen LogP contribution in [0.5, 0.6) is 11.8 Å². The van der Waals surface area contributed by atoms with Crippen molar-refractivity contribution in [3.8, 4) is 11.8 Å². The quantitative estimate of drug-likeness (QED) is 0.584. The number of ether oxygens (including phenoxy) is 1. The third kappa shape index (κ3) is 5.19. The molecule has 3 heterocycles. The van der Waals surface area contributed by atoms with Crippen molar-refractivity contribution in [3.63, 3.8) is 0 Å². The number of rotatable bonds is 6. The van der Waals surface area contributed by atoms with E-state index in [-0.39, 0.29) is 17.9 Å². The van der Waals surface area contributed by atoms with Crippen LogP contribution in [0.15, 0.2) is 48.8 Å². The Hall–Kier alpha value is -3.07. The smallest absolute Gasteiger partial charge is 0.321 e.